The van der Waals surface area contributed by atoms with Gasteiger partial charge in [0.1, 0.15) is 5.84 Å². The van der Waals surface area contributed by atoms with Crippen LogP contribution in [0.2, 0.25) is 0 Å². The molecule has 9 nitrogen and oxygen atoms in total. The van der Waals surface area contributed by atoms with Crippen LogP contribution < -0.4 is 11.1 Å². The number of carbonyl (C=O) groups is 2. The van der Waals surface area contributed by atoms with E-state index in [1.54, 1.807) is 42.5 Å². The van der Waals surface area contributed by atoms with Crippen LogP contribution in [0.4, 0.5) is 5.69 Å². The summed E-state index contributed by atoms with van der Waals surface area (Å²) in [5, 5.41) is 19.2. The number of carbonyl (C=O) groups excluding carboxylic acids is 1. The normalized spacial score (nSPS) is 10.8. The Labute approximate surface area is 196 Å². The number of hydrogen-bond acceptors (Lipinski definition) is 5. The van der Waals surface area contributed by atoms with E-state index >= 15 is 0 Å². The van der Waals surface area contributed by atoms with Crippen LogP contribution in [-0.4, -0.2) is 42.0 Å². The van der Waals surface area contributed by atoms with Crippen LogP contribution in [0.1, 0.15) is 21.5 Å². The van der Waals surface area contributed by atoms with E-state index < -0.39 is 16.1 Å². The van der Waals surface area contributed by atoms with Gasteiger partial charge in [-0.15, -0.1) is 0 Å². The Hall–Kier alpha value is -4.28. The van der Waals surface area contributed by atoms with Crippen LogP contribution in [0.3, 0.4) is 0 Å². The first-order valence-electron chi connectivity index (χ1n) is 9.73. The molecule has 10 heteroatoms. The maximum absolute atomic E-state index is 12.9. The van der Waals surface area contributed by atoms with Gasteiger partial charge in [0.15, 0.2) is 0 Å². The standard InChI is InChI=1S/C23H19N3O3.CH4O3S/c24-22(25)16-9-12-17(13-10-16)26-23(29)20-8-4-3-7-19(20)18-6-2-1-5-15(18)11-14-21(27)28;1-5(2,3)4/h1-14H,(H3,24,25)(H,26,29)(H,27,28);1H3,(H,2,3,4). The Balaban J connectivity index is 0.000000739. The van der Waals surface area contributed by atoms with Gasteiger partial charge in [-0.1, -0.05) is 42.5 Å². The number of hydrogen-bond donors (Lipinski definition) is 5. The first-order valence-corrected chi connectivity index (χ1v) is 11.6. The summed E-state index contributed by atoms with van der Waals surface area (Å²) < 4.78 is 25.9. The number of rotatable bonds is 6. The molecule has 1 amide bonds. The first-order chi connectivity index (χ1) is 16.0. The maximum Gasteiger partial charge on any atom is 0.328 e. The highest BCUT2D eigenvalue weighted by atomic mass is 32.2. The van der Waals surface area contributed by atoms with Gasteiger partial charge in [-0.3, -0.25) is 14.8 Å². The van der Waals surface area contributed by atoms with Gasteiger partial charge in [0.2, 0.25) is 0 Å². The minimum absolute atomic E-state index is 0.0424. The third-order valence-electron chi connectivity index (χ3n) is 4.28. The second-order valence-corrected chi connectivity index (χ2v) is 8.45. The summed E-state index contributed by atoms with van der Waals surface area (Å²) in [7, 11) is -3.67. The van der Waals surface area contributed by atoms with E-state index in [0.29, 0.717) is 34.2 Å². The molecule has 6 N–H and O–H groups in total. The summed E-state index contributed by atoms with van der Waals surface area (Å²) in [5.74, 6) is -1.38. The van der Waals surface area contributed by atoms with Gasteiger partial charge >= 0.3 is 5.97 Å². The van der Waals surface area contributed by atoms with Crippen molar-refractivity contribution in [2.75, 3.05) is 11.6 Å². The van der Waals surface area contributed by atoms with Gasteiger partial charge in [-0.05, 0) is 53.1 Å². The molecule has 3 rings (SSSR count). The van der Waals surface area contributed by atoms with Gasteiger partial charge < -0.3 is 16.2 Å². The molecule has 0 aliphatic rings. The van der Waals surface area contributed by atoms with Crippen LogP contribution >= 0.6 is 0 Å². The van der Waals surface area contributed by atoms with Crippen molar-refractivity contribution in [3.8, 4) is 11.1 Å². The maximum atomic E-state index is 12.9. The summed E-state index contributed by atoms with van der Waals surface area (Å²) >= 11 is 0. The van der Waals surface area contributed by atoms with Gasteiger partial charge in [0.05, 0.1) is 6.26 Å². The van der Waals surface area contributed by atoms with Gasteiger partial charge in [0, 0.05) is 22.9 Å². The van der Waals surface area contributed by atoms with Crippen LogP contribution in [0.25, 0.3) is 17.2 Å². The van der Waals surface area contributed by atoms with Crippen molar-refractivity contribution in [3.05, 3.63) is 95.6 Å². The van der Waals surface area contributed by atoms with E-state index in [1.165, 1.54) is 6.08 Å². The third kappa shape index (κ3) is 8.34. The fraction of sp³-hybridized carbons (Fsp3) is 0.0417. The Morgan fingerprint density at radius 2 is 1.47 bits per heavy atom. The fourth-order valence-corrected chi connectivity index (χ4v) is 2.90. The van der Waals surface area contributed by atoms with E-state index in [0.717, 1.165) is 11.6 Å². The average Bonchev–Trinajstić information content (AvgIpc) is 2.77. The van der Waals surface area contributed by atoms with E-state index in [9.17, 15) is 18.0 Å². The molecule has 0 aliphatic heterocycles. The monoisotopic (exact) mass is 481 g/mol. The number of benzene rings is 3. The van der Waals surface area contributed by atoms with E-state index in [-0.39, 0.29) is 11.7 Å². The number of carboxylic acids is 1. The highest BCUT2D eigenvalue weighted by molar-refractivity contribution is 7.85. The Morgan fingerprint density at radius 1 is 0.941 bits per heavy atom. The summed E-state index contributed by atoms with van der Waals surface area (Å²) in [6.45, 7) is 0. The molecular weight excluding hydrogens is 458 g/mol. The van der Waals surface area contributed by atoms with Crippen LogP contribution in [0.15, 0.2) is 78.9 Å². The molecule has 0 saturated carbocycles. The molecule has 0 spiro atoms. The molecule has 0 bridgehead atoms. The molecule has 34 heavy (non-hydrogen) atoms. The number of amidine groups is 1. The SMILES string of the molecule is CS(=O)(=O)O.N=C(N)c1ccc(NC(=O)c2ccccc2-c2ccccc2C=CC(=O)O)cc1. The zero-order valence-corrected chi connectivity index (χ0v) is 18.9. The predicted octanol–water partition coefficient (Wildman–Crippen LogP) is 3.49. The van der Waals surface area contributed by atoms with Crippen molar-refractivity contribution in [3.63, 3.8) is 0 Å². The van der Waals surface area contributed by atoms with Crippen LogP contribution in [0, 0.1) is 5.41 Å². The Morgan fingerprint density at radius 3 is 2.03 bits per heavy atom. The second-order valence-electron chi connectivity index (χ2n) is 6.98. The minimum Gasteiger partial charge on any atom is -0.478 e. The van der Waals surface area contributed by atoms with E-state index in [1.807, 2.05) is 30.3 Å². The Kier molecular flexibility index (Phi) is 8.82. The van der Waals surface area contributed by atoms with E-state index in [4.69, 9.17) is 20.8 Å². The third-order valence-corrected chi connectivity index (χ3v) is 4.28. The lowest BCUT2D eigenvalue weighted by atomic mass is 9.94. The quantitative estimate of drug-likeness (QED) is 0.155. The number of aliphatic carboxylic acids is 1. The number of carboxylic acid groups (broad SMARTS) is 1. The molecule has 3 aromatic rings. The van der Waals surface area contributed by atoms with Gasteiger partial charge in [0.25, 0.3) is 16.0 Å². The lowest BCUT2D eigenvalue weighted by molar-refractivity contribution is -0.131. The first kappa shape index (κ1) is 26.0. The van der Waals surface area contributed by atoms with Crippen molar-refractivity contribution in [2.24, 2.45) is 5.73 Å². The van der Waals surface area contributed by atoms with Crippen LogP contribution in [-0.2, 0) is 14.9 Å². The molecule has 0 radical (unpaired) electrons. The summed E-state index contributed by atoms with van der Waals surface area (Å²) in [4.78, 5) is 23.8. The smallest absolute Gasteiger partial charge is 0.328 e. The lowest BCUT2D eigenvalue weighted by Crippen LogP contribution is -2.14. The van der Waals surface area contributed by atoms with Gasteiger partial charge in [-0.25, -0.2) is 4.79 Å². The zero-order valence-electron chi connectivity index (χ0n) is 18.1. The van der Waals surface area contributed by atoms with Crippen molar-refractivity contribution in [1.29, 1.82) is 5.41 Å². The fourth-order valence-electron chi connectivity index (χ4n) is 2.90. The van der Waals surface area contributed by atoms with Crippen molar-refractivity contribution in [1.82, 2.24) is 0 Å². The number of nitrogens with two attached hydrogens (primary N) is 1. The van der Waals surface area contributed by atoms with Crippen molar-refractivity contribution < 1.29 is 27.7 Å². The van der Waals surface area contributed by atoms with E-state index in [2.05, 4.69) is 5.32 Å². The average molecular weight is 482 g/mol. The number of nitrogens with one attached hydrogen (secondary N) is 2. The molecule has 0 unspecified atom stereocenters. The largest absolute Gasteiger partial charge is 0.478 e. The van der Waals surface area contributed by atoms with Crippen LogP contribution in [0.5, 0.6) is 0 Å². The molecule has 0 heterocycles. The predicted molar refractivity (Wildman–Crippen MR) is 131 cm³/mol. The molecule has 0 saturated heterocycles. The lowest BCUT2D eigenvalue weighted by Gasteiger charge is -2.13. The molecule has 0 aromatic heterocycles. The zero-order chi connectivity index (χ0) is 25.3. The molecular formula is C24H23N3O6S. The molecule has 0 fully saturated rings. The minimum atomic E-state index is -3.67. The Bertz CT molecular complexity index is 1320. The number of anilines is 1. The molecule has 176 valence electrons. The van der Waals surface area contributed by atoms with Gasteiger partial charge in [-0.2, -0.15) is 8.42 Å². The topological polar surface area (TPSA) is 171 Å². The van der Waals surface area contributed by atoms with Crippen molar-refractivity contribution >= 4 is 39.6 Å². The summed E-state index contributed by atoms with van der Waals surface area (Å²) in [6, 6.07) is 21.1. The highest BCUT2D eigenvalue weighted by Crippen LogP contribution is 2.28. The summed E-state index contributed by atoms with van der Waals surface area (Å²) in [6.07, 6.45) is 3.29. The second kappa shape index (κ2) is 11.5. The molecule has 3 aromatic carbocycles. The van der Waals surface area contributed by atoms with Crippen molar-refractivity contribution in [2.45, 2.75) is 0 Å². The highest BCUT2D eigenvalue weighted by Gasteiger charge is 2.14. The summed E-state index contributed by atoms with van der Waals surface area (Å²) in [5.41, 5.74) is 9.20. The number of amides is 1. The molecule has 0 aliphatic carbocycles. The molecule has 0 atom stereocenters. The number of nitrogen functional groups attached to an aromatic ring is 1.